The number of hydrogen-bond donors (Lipinski definition) is 2. The van der Waals surface area contributed by atoms with E-state index in [1.54, 1.807) is 71.4 Å². The van der Waals surface area contributed by atoms with Crippen molar-refractivity contribution in [3.05, 3.63) is 220 Å². The monoisotopic (exact) mass is 937 g/mol. The van der Waals surface area contributed by atoms with Crippen molar-refractivity contribution in [2.75, 3.05) is 7.05 Å². The number of halogens is 2. The number of benzene rings is 4. The molecule has 0 atom stereocenters. The molecule has 0 bridgehead atoms. The van der Waals surface area contributed by atoms with Crippen LogP contribution < -0.4 is 16.2 Å². The van der Waals surface area contributed by atoms with Crippen LogP contribution in [0.5, 0.6) is 0 Å². The van der Waals surface area contributed by atoms with Crippen LogP contribution in [0.2, 0.25) is 0 Å². The summed E-state index contributed by atoms with van der Waals surface area (Å²) in [5.41, 5.74) is 2.22. The molecule has 0 saturated heterocycles. The summed E-state index contributed by atoms with van der Waals surface area (Å²) in [6.45, 7) is 0.707. The number of carboxylic acids is 1. The number of carboxylic acid groups (broad SMARTS) is 1. The summed E-state index contributed by atoms with van der Waals surface area (Å²) in [4.78, 5) is 85.5. The van der Waals surface area contributed by atoms with Gasteiger partial charge in [0.2, 0.25) is 10.9 Å². The van der Waals surface area contributed by atoms with Crippen molar-refractivity contribution in [2.45, 2.75) is 13.1 Å². The van der Waals surface area contributed by atoms with E-state index < -0.39 is 23.0 Å². The molecule has 4 aromatic carbocycles. The summed E-state index contributed by atoms with van der Waals surface area (Å²) in [7, 11) is 1.50. The van der Waals surface area contributed by atoms with Crippen molar-refractivity contribution in [2.24, 2.45) is 0 Å². The van der Waals surface area contributed by atoms with Crippen molar-refractivity contribution in [3.63, 3.8) is 0 Å². The molecule has 4 aromatic heterocycles. The first kappa shape index (κ1) is 42.0. The Morgan fingerprint density at radius 2 is 0.918 bits per heavy atom. The van der Waals surface area contributed by atoms with Gasteiger partial charge in [0.25, 0.3) is 5.91 Å². The molecule has 302 valence electrons. The molecule has 8 aromatic rings. The number of amides is 1. The molecule has 0 unspecified atom stereocenters. The average Bonchev–Trinajstić information content (AvgIpc) is 3.28. The molecule has 0 saturated carbocycles. The number of aromatic carboxylic acids is 1. The number of hydrogen-bond acceptors (Lipinski definition) is 8. The van der Waals surface area contributed by atoms with Crippen LogP contribution in [-0.4, -0.2) is 54.7 Å². The molecule has 4 heterocycles. The number of aromatic nitrogens is 4. The summed E-state index contributed by atoms with van der Waals surface area (Å²) in [5, 5.41) is 12.8. The summed E-state index contributed by atoms with van der Waals surface area (Å²) < 4.78 is 4.99. The number of carbonyl (C=O) groups is 4. The highest BCUT2D eigenvalue weighted by Crippen LogP contribution is 2.21. The zero-order valence-electron chi connectivity index (χ0n) is 32.2. The SMILES string of the molecule is CNC(=O)c1ccccc1C(=O)c1cn(Cc2cccc(Br)n2)c2ccccc2c1=O.O=C(O)c1ccccc1C(=O)c1cn(Cc2cccc(Br)n2)c2ccccc2c1=O. The molecule has 0 radical (unpaired) electrons. The summed E-state index contributed by atoms with van der Waals surface area (Å²) in [6, 6.07) is 37.6. The third-order valence-corrected chi connectivity index (χ3v) is 10.6. The maximum atomic E-state index is 13.4. The van der Waals surface area contributed by atoms with E-state index in [1.165, 1.54) is 31.4 Å². The molecular formula is C47H33Br2N5O7. The Bertz CT molecular complexity index is 3160. The van der Waals surface area contributed by atoms with Crippen molar-refractivity contribution in [1.82, 2.24) is 24.4 Å². The largest absolute Gasteiger partial charge is 0.478 e. The lowest BCUT2D eigenvalue weighted by atomic mass is 9.97. The van der Waals surface area contributed by atoms with E-state index in [0.717, 1.165) is 11.4 Å². The molecule has 0 fully saturated rings. The Hall–Kier alpha value is -7.16. The van der Waals surface area contributed by atoms with Gasteiger partial charge in [-0.15, -0.1) is 0 Å². The van der Waals surface area contributed by atoms with Gasteiger partial charge in [-0.2, -0.15) is 0 Å². The van der Waals surface area contributed by atoms with Crippen LogP contribution in [0.1, 0.15) is 63.9 Å². The number of nitrogens with one attached hydrogen (secondary N) is 1. The quantitative estimate of drug-likeness (QED) is 0.102. The molecule has 61 heavy (non-hydrogen) atoms. The number of ketones is 2. The van der Waals surface area contributed by atoms with E-state index in [0.29, 0.717) is 44.1 Å². The molecular weight excluding hydrogens is 906 g/mol. The van der Waals surface area contributed by atoms with Gasteiger partial charge < -0.3 is 19.6 Å². The number of rotatable bonds is 10. The second kappa shape index (κ2) is 18.4. The Labute approximate surface area is 364 Å². The zero-order chi connectivity index (χ0) is 43.2. The van der Waals surface area contributed by atoms with Gasteiger partial charge in [0.15, 0.2) is 11.6 Å². The van der Waals surface area contributed by atoms with Gasteiger partial charge in [0.1, 0.15) is 9.21 Å². The Morgan fingerprint density at radius 1 is 0.525 bits per heavy atom. The normalized spacial score (nSPS) is 10.8. The van der Waals surface area contributed by atoms with Crippen LogP contribution in [0, 0.1) is 0 Å². The third kappa shape index (κ3) is 9.05. The first-order valence-electron chi connectivity index (χ1n) is 18.6. The standard InChI is InChI=1S/C24H18BrN3O3.C23H15BrN2O4/c1-26-24(31)17-9-3-2-8-16(17)22(29)19-14-28(13-15-7-6-12-21(25)27-15)20-11-5-4-10-18(20)23(19)30;24-20-11-5-6-14(25-20)12-26-13-18(22(28)17-9-3-4-10-19(17)26)21(27)15-7-1-2-8-16(15)23(29)30/h2-12,14H,13H2,1H3,(H,26,31);1-11,13H,12H2,(H,29,30). The Balaban J connectivity index is 0.000000184. The Kier molecular flexibility index (Phi) is 12.7. The molecule has 0 aliphatic rings. The maximum absolute atomic E-state index is 13.4. The highest BCUT2D eigenvalue weighted by Gasteiger charge is 2.23. The van der Waals surface area contributed by atoms with Crippen LogP contribution in [0.3, 0.4) is 0 Å². The zero-order valence-corrected chi connectivity index (χ0v) is 35.4. The molecule has 12 nitrogen and oxygen atoms in total. The first-order chi connectivity index (χ1) is 29.4. The van der Waals surface area contributed by atoms with E-state index in [9.17, 15) is 33.9 Å². The molecule has 2 N–H and O–H groups in total. The van der Waals surface area contributed by atoms with E-state index in [1.807, 2.05) is 59.2 Å². The van der Waals surface area contributed by atoms with E-state index in [-0.39, 0.29) is 44.7 Å². The number of pyridine rings is 4. The van der Waals surface area contributed by atoms with E-state index in [2.05, 4.69) is 47.1 Å². The molecule has 14 heteroatoms. The van der Waals surface area contributed by atoms with E-state index >= 15 is 0 Å². The second-order valence-corrected chi connectivity index (χ2v) is 15.2. The molecule has 8 rings (SSSR count). The first-order valence-corrected chi connectivity index (χ1v) is 20.2. The predicted octanol–water partition coefficient (Wildman–Crippen LogP) is 7.93. The van der Waals surface area contributed by atoms with Crippen molar-refractivity contribution < 1.29 is 24.3 Å². The highest BCUT2D eigenvalue weighted by atomic mass is 79.9. The fourth-order valence-electron chi connectivity index (χ4n) is 6.87. The topological polar surface area (TPSA) is 170 Å². The van der Waals surface area contributed by atoms with Gasteiger partial charge in [-0.05, 0) is 92.5 Å². The molecule has 0 aliphatic heterocycles. The average molecular weight is 940 g/mol. The van der Waals surface area contributed by atoms with Crippen molar-refractivity contribution >= 4 is 77.1 Å². The third-order valence-electron chi connectivity index (χ3n) is 9.72. The summed E-state index contributed by atoms with van der Waals surface area (Å²) in [5.74, 6) is -2.73. The Morgan fingerprint density at radius 3 is 1.34 bits per heavy atom. The number of carbonyl (C=O) groups excluding carboxylic acids is 3. The van der Waals surface area contributed by atoms with Crippen LogP contribution in [0.15, 0.2) is 165 Å². The van der Waals surface area contributed by atoms with Gasteiger partial charge in [-0.1, -0.05) is 72.8 Å². The van der Waals surface area contributed by atoms with Crippen LogP contribution >= 0.6 is 31.9 Å². The smallest absolute Gasteiger partial charge is 0.336 e. The minimum Gasteiger partial charge on any atom is -0.478 e. The fourth-order valence-corrected chi connectivity index (χ4v) is 7.63. The summed E-state index contributed by atoms with van der Waals surface area (Å²) >= 11 is 6.72. The highest BCUT2D eigenvalue weighted by molar-refractivity contribution is 9.10. The molecule has 0 aliphatic carbocycles. The van der Waals surface area contributed by atoms with Crippen molar-refractivity contribution in [1.29, 1.82) is 0 Å². The lowest BCUT2D eigenvalue weighted by molar-refractivity contribution is 0.0692. The van der Waals surface area contributed by atoms with Gasteiger partial charge in [-0.3, -0.25) is 24.0 Å². The van der Waals surface area contributed by atoms with Crippen LogP contribution in [-0.2, 0) is 13.1 Å². The van der Waals surface area contributed by atoms with Gasteiger partial charge in [0.05, 0.1) is 57.8 Å². The number of para-hydroxylation sites is 2. The lowest BCUT2D eigenvalue weighted by Gasteiger charge is -2.14. The lowest BCUT2D eigenvalue weighted by Crippen LogP contribution is -2.24. The minimum absolute atomic E-state index is 0.00468. The fraction of sp³-hybridized carbons (Fsp3) is 0.0638. The van der Waals surface area contributed by atoms with Gasteiger partial charge in [-0.25, -0.2) is 14.8 Å². The maximum Gasteiger partial charge on any atom is 0.336 e. The molecule has 0 spiro atoms. The second-order valence-electron chi connectivity index (χ2n) is 13.6. The summed E-state index contributed by atoms with van der Waals surface area (Å²) in [6.07, 6.45) is 3.03. The van der Waals surface area contributed by atoms with E-state index in [4.69, 9.17) is 0 Å². The minimum atomic E-state index is -1.22. The number of fused-ring (bicyclic) bond motifs is 2. The van der Waals surface area contributed by atoms with Crippen LogP contribution in [0.4, 0.5) is 0 Å². The predicted molar refractivity (Wildman–Crippen MR) is 239 cm³/mol. The molecule has 1 amide bonds. The van der Waals surface area contributed by atoms with Crippen molar-refractivity contribution in [3.8, 4) is 0 Å². The van der Waals surface area contributed by atoms with Gasteiger partial charge >= 0.3 is 5.97 Å². The van der Waals surface area contributed by atoms with Gasteiger partial charge in [0, 0.05) is 41.3 Å². The number of nitrogens with zero attached hydrogens (tertiary/aromatic N) is 4. The van der Waals surface area contributed by atoms with Crippen LogP contribution in [0.25, 0.3) is 21.8 Å².